The Morgan fingerprint density at radius 3 is 2.26 bits per heavy atom. The van der Waals surface area contributed by atoms with Gasteiger partial charge in [0.1, 0.15) is 0 Å². The molecule has 0 unspecified atom stereocenters. The number of hydrogen-bond acceptors (Lipinski definition) is 6. The second kappa shape index (κ2) is 7.61. The molecule has 1 aromatic carbocycles. The van der Waals surface area contributed by atoms with Gasteiger partial charge in [-0.15, -0.1) is 0 Å². The van der Waals surface area contributed by atoms with Crippen molar-refractivity contribution >= 4 is 40.3 Å². The topological polar surface area (TPSA) is 94.9 Å². The summed E-state index contributed by atoms with van der Waals surface area (Å²) >= 11 is 0. The summed E-state index contributed by atoms with van der Waals surface area (Å²) in [7, 11) is 2.94. The molecular weight excluding hydrogens is 352 g/mol. The van der Waals surface area contributed by atoms with E-state index < -0.39 is 18.0 Å². The molecule has 8 heteroatoms. The number of benzene rings is 1. The van der Waals surface area contributed by atoms with Crippen molar-refractivity contribution < 1.29 is 28.7 Å². The predicted octanol–water partition coefficient (Wildman–Crippen LogP) is 2.99. The fourth-order valence-corrected chi connectivity index (χ4v) is 3.13. The lowest BCUT2D eigenvalue weighted by molar-refractivity contribution is -0.116. The molecule has 0 aliphatic heterocycles. The van der Waals surface area contributed by atoms with Gasteiger partial charge in [-0.1, -0.05) is 0 Å². The maximum atomic E-state index is 12.4. The van der Waals surface area contributed by atoms with Crippen LogP contribution in [0.3, 0.4) is 0 Å². The lowest BCUT2D eigenvalue weighted by Crippen LogP contribution is -2.36. The molecule has 144 valence electrons. The monoisotopic (exact) mass is 374 g/mol. The maximum Gasteiger partial charge on any atom is 0.421 e. The fourth-order valence-electron chi connectivity index (χ4n) is 3.13. The van der Waals surface area contributed by atoms with Gasteiger partial charge in [-0.05, 0) is 32.9 Å². The van der Waals surface area contributed by atoms with E-state index >= 15 is 0 Å². The summed E-state index contributed by atoms with van der Waals surface area (Å²) in [5.74, 6) is -1.43. The van der Waals surface area contributed by atoms with Crippen LogP contribution in [0.5, 0.6) is 0 Å². The van der Waals surface area contributed by atoms with Gasteiger partial charge in [-0.25, -0.2) is 14.5 Å². The molecule has 0 atom stereocenters. The van der Waals surface area contributed by atoms with Gasteiger partial charge in [-0.2, -0.15) is 0 Å². The Bertz CT molecular complexity index is 957. The quantitative estimate of drug-likeness (QED) is 0.603. The van der Waals surface area contributed by atoms with Gasteiger partial charge in [0, 0.05) is 30.6 Å². The third kappa shape index (κ3) is 3.42. The highest BCUT2D eigenvalue weighted by atomic mass is 16.6. The molecule has 0 fully saturated rings. The zero-order valence-corrected chi connectivity index (χ0v) is 16.2. The summed E-state index contributed by atoms with van der Waals surface area (Å²) in [6.07, 6.45) is -0.864. The van der Waals surface area contributed by atoms with E-state index in [0.717, 1.165) is 4.90 Å². The number of hydrogen-bond donors (Lipinski definition) is 0. The third-order valence-electron chi connectivity index (χ3n) is 4.34. The van der Waals surface area contributed by atoms with E-state index in [2.05, 4.69) is 0 Å². The minimum Gasteiger partial charge on any atom is -0.465 e. The SMILES string of the molecule is CCOC(=O)N(C(C)=O)c1cc(C(=O)OC)cc2c(C(C)=O)c(C)n(C)c12. The van der Waals surface area contributed by atoms with Crippen molar-refractivity contribution in [3.05, 3.63) is 29.0 Å². The van der Waals surface area contributed by atoms with Crippen molar-refractivity contribution in [1.82, 2.24) is 4.57 Å². The Balaban J connectivity index is 2.97. The number of imide groups is 1. The third-order valence-corrected chi connectivity index (χ3v) is 4.34. The number of carbonyl (C=O) groups excluding carboxylic acids is 4. The van der Waals surface area contributed by atoms with Crippen molar-refractivity contribution in [3.63, 3.8) is 0 Å². The minimum atomic E-state index is -0.864. The summed E-state index contributed by atoms with van der Waals surface area (Å²) in [6.45, 7) is 6.08. The molecule has 0 aliphatic rings. The van der Waals surface area contributed by atoms with Crippen molar-refractivity contribution in [2.75, 3.05) is 18.6 Å². The van der Waals surface area contributed by atoms with Crippen LogP contribution in [-0.4, -0.2) is 42.0 Å². The van der Waals surface area contributed by atoms with Gasteiger partial charge < -0.3 is 14.0 Å². The van der Waals surface area contributed by atoms with Crippen LogP contribution in [0.2, 0.25) is 0 Å². The van der Waals surface area contributed by atoms with E-state index in [4.69, 9.17) is 9.47 Å². The molecule has 2 amide bonds. The van der Waals surface area contributed by atoms with Gasteiger partial charge in [-0.3, -0.25) is 9.59 Å². The van der Waals surface area contributed by atoms with E-state index in [1.54, 1.807) is 25.5 Å². The number of ketones is 1. The number of aromatic nitrogens is 1. The number of ether oxygens (including phenoxy) is 2. The summed E-state index contributed by atoms with van der Waals surface area (Å²) in [5, 5.41) is 0.455. The van der Waals surface area contributed by atoms with Crippen LogP contribution in [0.25, 0.3) is 10.9 Å². The van der Waals surface area contributed by atoms with Crippen LogP contribution in [-0.2, 0) is 21.3 Å². The number of fused-ring (bicyclic) bond motifs is 1. The van der Waals surface area contributed by atoms with Gasteiger partial charge in [0.25, 0.3) is 0 Å². The zero-order chi connectivity index (χ0) is 20.5. The Labute approximate surface area is 156 Å². The molecule has 0 N–H and O–H groups in total. The molecule has 0 radical (unpaired) electrons. The van der Waals surface area contributed by atoms with E-state index in [0.29, 0.717) is 22.2 Å². The number of aryl methyl sites for hydroxylation is 1. The van der Waals surface area contributed by atoms with Crippen LogP contribution in [0, 0.1) is 6.92 Å². The number of nitrogens with zero attached hydrogens (tertiary/aromatic N) is 2. The normalized spacial score (nSPS) is 10.6. The molecule has 0 saturated carbocycles. The maximum absolute atomic E-state index is 12.4. The highest BCUT2D eigenvalue weighted by molar-refractivity contribution is 6.20. The lowest BCUT2D eigenvalue weighted by Gasteiger charge is -2.21. The van der Waals surface area contributed by atoms with Gasteiger partial charge >= 0.3 is 12.1 Å². The van der Waals surface area contributed by atoms with E-state index in [1.807, 2.05) is 0 Å². The Hall–Kier alpha value is -3.16. The molecule has 1 aromatic heterocycles. The molecule has 0 spiro atoms. The molecule has 0 saturated heterocycles. The molecule has 8 nitrogen and oxygen atoms in total. The van der Waals surface area contributed by atoms with E-state index in [9.17, 15) is 19.2 Å². The first-order valence-corrected chi connectivity index (χ1v) is 8.35. The first-order chi connectivity index (χ1) is 12.6. The predicted molar refractivity (Wildman–Crippen MR) is 99.2 cm³/mol. The Morgan fingerprint density at radius 2 is 1.78 bits per heavy atom. The van der Waals surface area contributed by atoms with Crippen molar-refractivity contribution in [2.24, 2.45) is 7.05 Å². The first kappa shape index (κ1) is 20.2. The number of esters is 1. The van der Waals surface area contributed by atoms with Gasteiger partial charge in [0.15, 0.2) is 5.78 Å². The number of amides is 2. The summed E-state index contributed by atoms with van der Waals surface area (Å²) in [6, 6.07) is 2.91. The molecule has 0 bridgehead atoms. The average Bonchev–Trinajstić information content (AvgIpc) is 2.85. The van der Waals surface area contributed by atoms with E-state index in [-0.39, 0.29) is 23.6 Å². The number of Topliss-reactive ketones (excluding diaryl/α,β-unsaturated/α-hetero) is 1. The fraction of sp³-hybridized carbons (Fsp3) is 0.368. The second-order valence-corrected chi connectivity index (χ2v) is 6.01. The van der Waals surface area contributed by atoms with Crippen LogP contribution in [0.1, 0.15) is 47.2 Å². The summed E-state index contributed by atoms with van der Waals surface area (Å²) < 4.78 is 11.5. The van der Waals surface area contributed by atoms with Crippen LogP contribution in [0.15, 0.2) is 12.1 Å². The first-order valence-electron chi connectivity index (χ1n) is 8.35. The average molecular weight is 374 g/mol. The summed E-state index contributed by atoms with van der Waals surface area (Å²) in [4.78, 5) is 49.8. The molecular formula is C19H22N2O6. The van der Waals surface area contributed by atoms with Crippen molar-refractivity contribution in [2.45, 2.75) is 27.7 Å². The molecule has 1 heterocycles. The standard InChI is InChI=1S/C19H22N2O6/c1-7-27-19(25)21(12(4)23)15-9-13(18(24)26-6)8-14-16(11(3)22)10(2)20(5)17(14)15/h8-9H,7H2,1-6H3. The molecule has 2 rings (SSSR count). The number of carbonyl (C=O) groups is 4. The largest absolute Gasteiger partial charge is 0.465 e. The van der Waals surface area contributed by atoms with E-state index in [1.165, 1.54) is 33.1 Å². The van der Waals surface area contributed by atoms with Crippen LogP contribution in [0.4, 0.5) is 10.5 Å². The van der Waals surface area contributed by atoms with Gasteiger partial charge in [0.05, 0.1) is 30.5 Å². The Kier molecular flexibility index (Phi) is 5.68. The van der Waals surface area contributed by atoms with Crippen molar-refractivity contribution in [1.29, 1.82) is 0 Å². The van der Waals surface area contributed by atoms with Crippen LogP contribution >= 0.6 is 0 Å². The number of methoxy groups -OCH3 is 1. The molecule has 27 heavy (non-hydrogen) atoms. The second-order valence-electron chi connectivity index (χ2n) is 6.01. The molecule has 0 aliphatic carbocycles. The molecule has 2 aromatic rings. The smallest absolute Gasteiger partial charge is 0.421 e. The number of rotatable bonds is 4. The lowest BCUT2D eigenvalue weighted by atomic mass is 10.0. The zero-order valence-electron chi connectivity index (χ0n) is 16.2. The highest BCUT2D eigenvalue weighted by Crippen LogP contribution is 2.35. The van der Waals surface area contributed by atoms with Crippen molar-refractivity contribution in [3.8, 4) is 0 Å². The van der Waals surface area contributed by atoms with Crippen LogP contribution < -0.4 is 4.90 Å². The van der Waals surface area contributed by atoms with Gasteiger partial charge in [0.2, 0.25) is 5.91 Å². The Morgan fingerprint density at radius 1 is 1.15 bits per heavy atom. The minimum absolute atomic E-state index is 0.0767. The highest BCUT2D eigenvalue weighted by Gasteiger charge is 2.29. The number of anilines is 1. The summed E-state index contributed by atoms with van der Waals surface area (Å²) in [5.41, 5.74) is 1.79.